The molecule has 5 aromatic rings. The van der Waals surface area contributed by atoms with E-state index in [9.17, 15) is 5.26 Å². The first-order valence-electron chi connectivity index (χ1n) is 12.6. The molecule has 0 aliphatic carbocycles. The van der Waals surface area contributed by atoms with Gasteiger partial charge in [-0.05, 0) is 50.6 Å². The highest BCUT2D eigenvalue weighted by atomic mass is 16.5. The van der Waals surface area contributed by atoms with Crippen LogP contribution in [0.5, 0.6) is 0 Å². The number of anilines is 1. The molecule has 0 amide bonds. The summed E-state index contributed by atoms with van der Waals surface area (Å²) in [4.78, 5) is 19.5. The highest BCUT2D eigenvalue weighted by Gasteiger charge is 2.23. The predicted octanol–water partition coefficient (Wildman–Crippen LogP) is 4.12. The van der Waals surface area contributed by atoms with E-state index in [0.29, 0.717) is 23.4 Å². The second kappa shape index (κ2) is 9.68. The van der Waals surface area contributed by atoms with Crippen LogP contribution >= 0.6 is 0 Å². The number of nitrogens with zero attached hydrogens (tertiary/aromatic N) is 8. The van der Waals surface area contributed by atoms with Crippen LogP contribution in [-0.2, 0) is 11.3 Å². The van der Waals surface area contributed by atoms with E-state index < -0.39 is 0 Å². The normalized spacial score (nSPS) is 17.6. The summed E-state index contributed by atoms with van der Waals surface area (Å²) in [5, 5.41) is 18.3. The van der Waals surface area contributed by atoms with Gasteiger partial charge in [-0.25, -0.2) is 19.6 Å². The number of nitrogens with one attached hydrogen (secondary N) is 1. The Balaban J connectivity index is 1.31. The number of morpholine rings is 1. The van der Waals surface area contributed by atoms with E-state index in [1.165, 1.54) is 0 Å². The van der Waals surface area contributed by atoms with Crippen LogP contribution in [0.1, 0.15) is 30.7 Å². The Morgan fingerprint density at radius 2 is 1.87 bits per heavy atom. The lowest BCUT2D eigenvalue weighted by atomic mass is 9.99. The Labute approximate surface area is 219 Å². The lowest BCUT2D eigenvalue weighted by molar-refractivity contribution is -0.00547. The van der Waals surface area contributed by atoms with E-state index in [2.05, 4.69) is 45.1 Å². The first-order valence-corrected chi connectivity index (χ1v) is 12.6. The molecule has 0 saturated carbocycles. The minimum atomic E-state index is 0.165. The highest BCUT2D eigenvalue weighted by molar-refractivity contribution is 5.91. The van der Waals surface area contributed by atoms with Gasteiger partial charge in [-0.1, -0.05) is 23.4 Å². The summed E-state index contributed by atoms with van der Waals surface area (Å²) < 4.78 is 7.66. The number of rotatable bonds is 5. The third-order valence-corrected chi connectivity index (χ3v) is 6.80. The number of imidazole rings is 1. The smallest absolute Gasteiger partial charge is 0.178 e. The molecule has 1 fully saturated rings. The topological polar surface area (TPSA) is 121 Å². The van der Waals surface area contributed by atoms with Gasteiger partial charge in [0.25, 0.3) is 0 Å². The molecule has 10 nitrogen and oxygen atoms in total. The zero-order valence-corrected chi connectivity index (χ0v) is 21.5. The number of aromatic nitrogens is 7. The van der Waals surface area contributed by atoms with E-state index in [-0.39, 0.29) is 12.2 Å². The predicted molar refractivity (Wildman–Crippen MR) is 143 cm³/mol. The fourth-order valence-electron chi connectivity index (χ4n) is 5.06. The van der Waals surface area contributed by atoms with Gasteiger partial charge in [-0.3, -0.25) is 0 Å². The van der Waals surface area contributed by atoms with Crippen molar-refractivity contribution in [2.45, 2.75) is 39.5 Å². The largest absolute Gasteiger partial charge is 0.372 e. The molecule has 1 aliphatic heterocycles. The van der Waals surface area contributed by atoms with Crippen LogP contribution in [0.25, 0.3) is 33.7 Å². The number of pyridine rings is 2. The molecule has 0 radical (unpaired) electrons. The minimum absolute atomic E-state index is 0.165. The summed E-state index contributed by atoms with van der Waals surface area (Å²) in [7, 11) is 0. The lowest BCUT2D eigenvalue weighted by Gasteiger charge is -2.36. The van der Waals surface area contributed by atoms with Gasteiger partial charge in [-0.2, -0.15) is 5.26 Å². The standard InChI is InChI=1S/C28H27N9O/c1-17-12-36(13-18(2)38-17)26-9-5-7-21(32-26)14-37-15-25(34-35-37)23-10-24(33-28-27(23)30-16-31-28)22-8-4-6-20(11-29)19(22)3/h4-10,15-18H,12-14H2,1-3H3,(H,30,31,33)/t17-,18+. The highest BCUT2D eigenvalue weighted by Crippen LogP contribution is 2.31. The second-order valence-electron chi connectivity index (χ2n) is 9.70. The van der Waals surface area contributed by atoms with Crippen molar-refractivity contribution in [1.82, 2.24) is 34.9 Å². The van der Waals surface area contributed by atoms with Crippen molar-refractivity contribution in [3.63, 3.8) is 0 Å². The van der Waals surface area contributed by atoms with Crippen LogP contribution in [0.3, 0.4) is 0 Å². The molecule has 2 atom stereocenters. The first-order chi connectivity index (χ1) is 18.5. The van der Waals surface area contributed by atoms with Gasteiger partial charge in [0.1, 0.15) is 11.5 Å². The van der Waals surface area contributed by atoms with Gasteiger partial charge < -0.3 is 14.6 Å². The fourth-order valence-corrected chi connectivity index (χ4v) is 5.06. The zero-order valence-electron chi connectivity index (χ0n) is 21.5. The number of ether oxygens (including phenoxy) is 1. The number of hydrogen-bond acceptors (Lipinski definition) is 8. The number of aromatic amines is 1. The Bertz CT molecular complexity index is 1650. The van der Waals surface area contributed by atoms with Crippen LogP contribution in [0.2, 0.25) is 0 Å². The first kappa shape index (κ1) is 23.8. The molecule has 1 aliphatic rings. The van der Waals surface area contributed by atoms with Crippen molar-refractivity contribution < 1.29 is 4.74 Å². The average Bonchev–Trinajstić information content (AvgIpc) is 3.58. The minimum Gasteiger partial charge on any atom is -0.372 e. The Kier molecular flexibility index (Phi) is 6.05. The fraction of sp³-hybridized carbons (Fsp3) is 0.286. The Morgan fingerprint density at radius 1 is 1.05 bits per heavy atom. The SMILES string of the molecule is Cc1c(C#N)cccc1-c1cc(-c2cn(Cc3cccc(N4C[C@@H](C)O[C@@H](C)C4)n3)nn2)c2[nH]cnc2n1. The number of nitriles is 1. The summed E-state index contributed by atoms with van der Waals surface area (Å²) >= 11 is 0. The van der Waals surface area contributed by atoms with Crippen molar-refractivity contribution in [3.8, 4) is 28.6 Å². The molecular formula is C28H27N9O. The third kappa shape index (κ3) is 4.48. The van der Waals surface area contributed by atoms with Gasteiger partial charge in [0.15, 0.2) is 5.65 Å². The molecule has 1 saturated heterocycles. The van der Waals surface area contributed by atoms with Gasteiger partial charge in [-0.15, -0.1) is 5.10 Å². The molecule has 190 valence electrons. The molecule has 1 aromatic carbocycles. The van der Waals surface area contributed by atoms with Crippen molar-refractivity contribution in [3.05, 3.63) is 71.8 Å². The number of fused-ring (bicyclic) bond motifs is 1. The second-order valence-corrected chi connectivity index (χ2v) is 9.70. The van der Waals surface area contributed by atoms with Crippen molar-refractivity contribution in [1.29, 1.82) is 5.26 Å². The molecule has 1 N–H and O–H groups in total. The van der Waals surface area contributed by atoms with Crippen molar-refractivity contribution in [2.24, 2.45) is 0 Å². The molecule has 38 heavy (non-hydrogen) atoms. The number of benzene rings is 1. The summed E-state index contributed by atoms with van der Waals surface area (Å²) in [5.41, 5.74) is 6.91. The molecule has 5 heterocycles. The van der Waals surface area contributed by atoms with E-state index in [4.69, 9.17) is 14.7 Å². The van der Waals surface area contributed by atoms with Gasteiger partial charge in [0, 0.05) is 24.2 Å². The van der Waals surface area contributed by atoms with E-state index >= 15 is 0 Å². The molecule has 0 spiro atoms. The monoisotopic (exact) mass is 505 g/mol. The Hall–Kier alpha value is -4.62. The van der Waals surface area contributed by atoms with E-state index in [1.807, 2.05) is 55.6 Å². The van der Waals surface area contributed by atoms with Crippen LogP contribution in [0.4, 0.5) is 5.82 Å². The quantitative estimate of drug-likeness (QED) is 0.379. The third-order valence-electron chi connectivity index (χ3n) is 6.80. The lowest BCUT2D eigenvalue weighted by Crippen LogP contribution is -2.45. The maximum atomic E-state index is 9.48. The summed E-state index contributed by atoms with van der Waals surface area (Å²) in [6.45, 7) is 8.23. The molecule has 6 rings (SSSR count). The summed E-state index contributed by atoms with van der Waals surface area (Å²) in [6.07, 6.45) is 3.86. The van der Waals surface area contributed by atoms with Crippen LogP contribution in [-0.4, -0.2) is 60.2 Å². The Morgan fingerprint density at radius 3 is 2.68 bits per heavy atom. The number of hydrogen-bond donors (Lipinski definition) is 1. The molecule has 10 heteroatoms. The van der Waals surface area contributed by atoms with Crippen molar-refractivity contribution in [2.75, 3.05) is 18.0 Å². The molecule has 0 bridgehead atoms. The number of H-pyrrole nitrogens is 1. The van der Waals surface area contributed by atoms with E-state index in [1.54, 1.807) is 11.0 Å². The van der Waals surface area contributed by atoms with Crippen LogP contribution in [0.15, 0.2) is 55.0 Å². The summed E-state index contributed by atoms with van der Waals surface area (Å²) in [5.74, 6) is 0.942. The van der Waals surface area contributed by atoms with Gasteiger partial charge in [0.2, 0.25) is 0 Å². The van der Waals surface area contributed by atoms with Crippen LogP contribution in [0, 0.1) is 18.3 Å². The molecular weight excluding hydrogens is 478 g/mol. The average molecular weight is 506 g/mol. The maximum absolute atomic E-state index is 9.48. The van der Waals surface area contributed by atoms with Crippen LogP contribution < -0.4 is 4.90 Å². The summed E-state index contributed by atoms with van der Waals surface area (Å²) in [6, 6.07) is 15.9. The van der Waals surface area contributed by atoms with Gasteiger partial charge >= 0.3 is 0 Å². The molecule has 0 unspecified atom stereocenters. The molecule has 4 aromatic heterocycles. The van der Waals surface area contributed by atoms with Gasteiger partial charge in [0.05, 0.1) is 59.8 Å². The maximum Gasteiger partial charge on any atom is 0.178 e. The van der Waals surface area contributed by atoms with E-state index in [0.717, 1.165) is 52.5 Å². The zero-order chi connectivity index (χ0) is 26.2. The van der Waals surface area contributed by atoms with Crippen molar-refractivity contribution >= 4 is 17.0 Å².